The maximum atomic E-state index is 12.0. The van der Waals surface area contributed by atoms with E-state index in [1.165, 1.54) is 7.11 Å². The smallest absolute Gasteiger partial charge is 0.323 e. The van der Waals surface area contributed by atoms with E-state index in [0.717, 1.165) is 19.4 Å². The Labute approximate surface area is 129 Å². The summed E-state index contributed by atoms with van der Waals surface area (Å²) in [6, 6.07) is 8.51. The Morgan fingerprint density at radius 3 is 2.77 bits per heavy atom. The highest BCUT2D eigenvalue weighted by Crippen LogP contribution is 2.18. The average Bonchev–Trinajstić information content (AvgIpc) is 3.01. The Balaban J connectivity index is 1.82. The molecule has 0 saturated carbocycles. The minimum absolute atomic E-state index is 0.111. The molecule has 1 amide bonds. The van der Waals surface area contributed by atoms with Crippen molar-refractivity contribution in [1.82, 2.24) is 4.90 Å². The van der Waals surface area contributed by atoms with Gasteiger partial charge in [0, 0.05) is 18.7 Å². The predicted molar refractivity (Wildman–Crippen MR) is 81.0 cm³/mol. The van der Waals surface area contributed by atoms with Crippen LogP contribution in [0.15, 0.2) is 24.3 Å². The zero-order valence-corrected chi connectivity index (χ0v) is 12.5. The van der Waals surface area contributed by atoms with Crippen molar-refractivity contribution in [3.05, 3.63) is 29.8 Å². The first kappa shape index (κ1) is 16.0. The third kappa shape index (κ3) is 4.06. The van der Waals surface area contributed by atoms with E-state index in [0.29, 0.717) is 24.2 Å². The molecule has 0 aromatic heterocycles. The molecule has 1 fully saturated rings. The monoisotopic (exact) mass is 301 g/mol. The van der Waals surface area contributed by atoms with Gasteiger partial charge in [-0.2, -0.15) is 5.26 Å². The summed E-state index contributed by atoms with van der Waals surface area (Å²) < 4.78 is 4.78. The van der Waals surface area contributed by atoms with Crippen LogP contribution in [0, 0.1) is 11.3 Å². The summed E-state index contributed by atoms with van der Waals surface area (Å²) >= 11 is 0. The van der Waals surface area contributed by atoms with Crippen molar-refractivity contribution in [3.63, 3.8) is 0 Å². The van der Waals surface area contributed by atoms with Crippen molar-refractivity contribution in [1.29, 1.82) is 5.26 Å². The lowest BCUT2D eigenvalue weighted by molar-refractivity contribution is -0.146. The van der Waals surface area contributed by atoms with E-state index in [1.807, 2.05) is 11.0 Å². The largest absolute Gasteiger partial charge is 0.468 e. The molecule has 22 heavy (non-hydrogen) atoms. The number of hydrogen-bond acceptors (Lipinski definition) is 5. The molecule has 2 rings (SSSR count). The summed E-state index contributed by atoms with van der Waals surface area (Å²) in [7, 11) is 1.39. The van der Waals surface area contributed by atoms with E-state index >= 15 is 0 Å². The molecule has 1 N–H and O–H groups in total. The summed E-state index contributed by atoms with van der Waals surface area (Å²) in [5, 5.41) is 11.5. The van der Waals surface area contributed by atoms with Gasteiger partial charge in [0.05, 0.1) is 18.7 Å². The van der Waals surface area contributed by atoms with Crippen molar-refractivity contribution in [3.8, 4) is 6.07 Å². The van der Waals surface area contributed by atoms with Crippen LogP contribution in [-0.4, -0.2) is 43.0 Å². The van der Waals surface area contributed by atoms with Crippen LogP contribution in [0.3, 0.4) is 0 Å². The summed E-state index contributed by atoms with van der Waals surface area (Å²) in [6.45, 7) is 1.34. The van der Waals surface area contributed by atoms with E-state index in [9.17, 15) is 9.59 Å². The van der Waals surface area contributed by atoms with Crippen molar-refractivity contribution in [2.24, 2.45) is 0 Å². The first-order valence-corrected chi connectivity index (χ1v) is 7.26. The SMILES string of the molecule is COC(=O)C1CCCN1CCC(=O)Nc1ccc(C#N)cc1. The molecule has 1 aliphatic heterocycles. The van der Waals surface area contributed by atoms with Crippen LogP contribution in [0.4, 0.5) is 5.69 Å². The van der Waals surface area contributed by atoms with Gasteiger partial charge in [-0.3, -0.25) is 14.5 Å². The number of benzene rings is 1. The molecule has 6 nitrogen and oxygen atoms in total. The molecule has 1 heterocycles. The summed E-state index contributed by atoms with van der Waals surface area (Å²) in [5.41, 5.74) is 1.21. The van der Waals surface area contributed by atoms with E-state index in [1.54, 1.807) is 24.3 Å². The number of esters is 1. The fourth-order valence-corrected chi connectivity index (χ4v) is 2.59. The predicted octanol–water partition coefficient (Wildman–Crippen LogP) is 1.52. The molecular weight excluding hydrogens is 282 g/mol. The quantitative estimate of drug-likeness (QED) is 0.834. The lowest BCUT2D eigenvalue weighted by Gasteiger charge is -2.21. The maximum absolute atomic E-state index is 12.0. The third-order valence-electron chi connectivity index (χ3n) is 3.76. The van der Waals surface area contributed by atoms with E-state index in [2.05, 4.69) is 5.32 Å². The molecule has 116 valence electrons. The van der Waals surface area contributed by atoms with Crippen molar-refractivity contribution < 1.29 is 14.3 Å². The third-order valence-corrected chi connectivity index (χ3v) is 3.76. The Morgan fingerprint density at radius 2 is 2.14 bits per heavy atom. The number of nitrogens with one attached hydrogen (secondary N) is 1. The molecule has 1 aromatic rings. The normalized spacial score (nSPS) is 17.7. The van der Waals surface area contributed by atoms with Crippen molar-refractivity contribution >= 4 is 17.6 Å². The molecule has 0 bridgehead atoms. The van der Waals surface area contributed by atoms with Gasteiger partial charge >= 0.3 is 5.97 Å². The number of nitrogens with zero attached hydrogens (tertiary/aromatic N) is 2. The highest BCUT2D eigenvalue weighted by Gasteiger charge is 2.31. The molecule has 1 aliphatic rings. The molecular formula is C16H19N3O3. The van der Waals surface area contributed by atoms with E-state index < -0.39 is 0 Å². The molecule has 1 atom stereocenters. The van der Waals surface area contributed by atoms with E-state index in [4.69, 9.17) is 10.00 Å². The van der Waals surface area contributed by atoms with Gasteiger partial charge in [-0.15, -0.1) is 0 Å². The van der Waals surface area contributed by atoms with Crippen molar-refractivity contribution in [2.45, 2.75) is 25.3 Å². The summed E-state index contributed by atoms with van der Waals surface area (Å²) in [5.74, 6) is -0.342. The van der Waals surface area contributed by atoms with Gasteiger partial charge in [-0.05, 0) is 43.7 Å². The lowest BCUT2D eigenvalue weighted by Crippen LogP contribution is -2.38. The standard InChI is InChI=1S/C16H19N3O3/c1-22-16(21)14-3-2-9-19(14)10-8-15(20)18-13-6-4-12(11-17)5-7-13/h4-7,14H,2-3,8-10H2,1H3,(H,18,20). The molecule has 1 unspecified atom stereocenters. The van der Waals surface area contributed by atoms with Crippen LogP contribution < -0.4 is 5.32 Å². The number of nitriles is 1. The Hall–Kier alpha value is -2.39. The van der Waals surface area contributed by atoms with Crippen molar-refractivity contribution in [2.75, 3.05) is 25.5 Å². The fraction of sp³-hybridized carbons (Fsp3) is 0.438. The topological polar surface area (TPSA) is 82.4 Å². The summed E-state index contributed by atoms with van der Waals surface area (Å²) in [4.78, 5) is 25.6. The van der Waals surface area contributed by atoms with E-state index in [-0.39, 0.29) is 17.9 Å². The van der Waals surface area contributed by atoms with Gasteiger partial charge in [0.25, 0.3) is 0 Å². The minimum atomic E-state index is -0.231. The van der Waals surface area contributed by atoms with Crippen LogP contribution in [0.1, 0.15) is 24.8 Å². The molecule has 0 radical (unpaired) electrons. The van der Waals surface area contributed by atoms with Crippen LogP contribution >= 0.6 is 0 Å². The fourth-order valence-electron chi connectivity index (χ4n) is 2.59. The van der Waals surface area contributed by atoms with Gasteiger partial charge in [0.15, 0.2) is 0 Å². The zero-order valence-electron chi connectivity index (χ0n) is 12.5. The zero-order chi connectivity index (χ0) is 15.9. The highest BCUT2D eigenvalue weighted by atomic mass is 16.5. The Kier molecular flexibility index (Phi) is 5.50. The van der Waals surface area contributed by atoms with Crippen LogP contribution in [0.2, 0.25) is 0 Å². The van der Waals surface area contributed by atoms with Gasteiger partial charge in [-0.1, -0.05) is 0 Å². The number of carbonyl (C=O) groups is 2. The number of rotatable bonds is 5. The number of carbonyl (C=O) groups excluding carboxylic acids is 2. The number of methoxy groups -OCH3 is 1. The van der Waals surface area contributed by atoms with Crippen LogP contribution in [0.5, 0.6) is 0 Å². The number of hydrogen-bond donors (Lipinski definition) is 1. The van der Waals surface area contributed by atoms with Gasteiger partial charge < -0.3 is 10.1 Å². The van der Waals surface area contributed by atoms with Gasteiger partial charge in [0.2, 0.25) is 5.91 Å². The first-order chi connectivity index (χ1) is 10.6. The molecule has 1 aromatic carbocycles. The first-order valence-electron chi connectivity index (χ1n) is 7.26. The lowest BCUT2D eigenvalue weighted by atomic mass is 10.2. The Bertz CT molecular complexity index is 577. The molecule has 0 aliphatic carbocycles. The number of anilines is 1. The Morgan fingerprint density at radius 1 is 1.41 bits per heavy atom. The number of likely N-dealkylation sites (tertiary alicyclic amines) is 1. The van der Waals surface area contributed by atoms with Crippen LogP contribution in [-0.2, 0) is 14.3 Å². The number of amides is 1. The maximum Gasteiger partial charge on any atom is 0.323 e. The van der Waals surface area contributed by atoms with Gasteiger partial charge in [-0.25, -0.2) is 0 Å². The second kappa shape index (κ2) is 7.57. The average molecular weight is 301 g/mol. The van der Waals surface area contributed by atoms with Crippen LogP contribution in [0.25, 0.3) is 0 Å². The molecule has 1 saturated heterocycles. The molecule has 6 heteroatoms. The second-order valence-corrected chi connectivity index (χ2v) is 5.20. The highest BCUT2D eigenvalue weighted by molar-refractivity contribution is 5.90. The number of ether oxygens (including phenoxy) is 1. The summed E-state index contributed by atoms with van der Waals surface area (Å²) in [6.07, 6.45) is 2.04. The van der Waals surface area contributed by atoms with Gasteiger partial charge in [0.1, 0.15) is 6.04 Å². The molecule has 0 spiro atoms. The second-order valence-electron chi connectivity index (χ2n) is 5.20. The minimum Gasteiger partial charge on any atom is -0.468 e.